The van der Waals surface area contributed by atoms with Crippen LogP contribution in [-0.2, 0) is 4.79 Å². The molecule has 0 fully saturated rings. The van der Waals surface area contributed by atoms with Crippen LogP contribution < -0.4 is 20.1 Å². The molecule has 34 heavy (non-hydrogen) atoms. The summed E-state index contributed by atoms with van der Waals surface area (Å²) in [5.41, 5.74) is 1.81. The molecule has 1 aromatic heterocycles. The van der Waals surface area contributed by atoms with Crippen LogP contribution in [-0.4, -0.2) is 24.5 Å². The first kappa shape index (κ1) is 23.2. The molecule has 2 N–H and O–H groups in total. The van der Waals surface area contributed by atoms with Crippen LogP contribution in [0.2, 0.25) is 0 Å². The molecule has 0 saturated heterocycles. The molecule has 176 valence electrons. The summed E-state index contributed by atoms with van der Waals surface area (Å²) >= 11 is 0. The lowest BCUT2D eigenvalue weighted by Crippen LogP contribution is -2.43. The molecule has 0 aliphatic carbocycles. The fourth-order valence-corrected chi connectivity index (χ4v) is 3.98. The number of ether oxygens (including phenoxy) is 2. The van der Waals surface area contributed by atoms with Gasteiger partial charge in [0.1, 0.15) is 28.6 Å². The first-order valence-corrected chi connectivity index (χ1v) is 11.0. The SMILES string of the molecule is COc1ccc2c(c1)C(NC(=O)/C(=C/c1ccco1)NC(=O)c1cccc(C)c1)CC(C)(C)O2. The van der Waals surface area contributed by atoms with Crippen molar-refractivity contribution in [2.75, 3.05) is 7.11 Å². The fourth-order valence-electron chi connectivity index (χ4n) is 3.98. The normalized spacial score (nSPS) is 16.7. The Morgan fingerprint density at radius 3 is 2.65 bits per heavy atom. The Morgan fingerprint density at radius 2 is 1.94 bits per heavy atom. The number of methoxy groups -OCH3 is 1. The molecular weight excluding hydrogens is 432 g/mol. The molecule has 2 aromatic carbocycles. The lowest BCUT2D eigenvalue weighted by molar-refractivity contribution is -0.119. The molecule has 0 bridgehead atoms. The highest BCUT2D eigenvalue weighted by Crippen LogP contribution is 2.41. The second kappa shape index (κ2) is 9.47. The van der Waals surface area contributed by atoms with Crippen LogP contribution in [0.1, 0.15) is 53.6 Å². The number of benzene rings is 2. The maximum absolute atomic E-state index is 13.4. The third-order valence-electron chi connectivity index (χ3n) is 5.58. The van der Waals surface area contributed by atoms with Crippen LogP contribution in [0.4, 0.5) is 0 Å². The van der Waals surface area contributed by atoms with E-state index >= 15 is 0 Å². The zero-order valence-electron chi connectivity index (χ0n) is 19.7. The molecule has 1 aliphatic heterocycles. The van der Waals surface area contributed by atoms with Crippen molar-refractivity contribution in [3.8, 4) is 11.5 Å². The van der Waals surface area contributed by atoms with E-state index in [1.807, 2.05) is 45.0 Å². The topological polar surface area (TPSA) is 89.8 Å². The number of amides is 2. The van der Waals surface area contributed by atoms with Crippen LogP contribution in [0.25, 0.3) is 6.08 Å². The molecule has 7 heteroatoms. The molecule has 4 rings (SSSR count). The van der Waals surface area contributed by atoms with Crippen molar-refractivity contribution in [2.45, 2.75) is 38.8 Å². The molecule has 7 nitrogen and oxygen atoms in total. The van der Waals surface area contributed by atoms with Gasteiger partial charge >= 0.3 is 0 Å². The number of nitrogens with one attached hydrogen (secondary N) is 2. The van der Waals surface area contributed by atoms with E-state index in [-0.39, 0.29) is 17.6 Å². The molecule has 1 aliphatic rings. The second-order valence-corrected chi connectivity index (χ2v) is 8.89. The smallest absolute Gasteiger partial charge is 0.268 e. The number of furan rings is 1. The molecule has 2 amide bonds. The Hall–Kier alpha value is -4.00. The summed E-state index contributed by atoms with van der Waals surface area (Å²) in [6, 6.07) is 15.8. The Balaban J connectivity index is 1.63. The summed E-state index contributed by atoms with van der Waals surface area (Å²) < 4.78 is 16.9. The van der Waals surface area contributed by atoms with Gasteiger partial charge in [-0.1, -0.05) is 17.7 Å². The van der Waals surface area contributed by atoms with E-state index in [0.717, 1.165) is 11.1 Å². The van der Waals surface area contributed by atoms with Gasteiger partial charge in [0, 0.05) is 23.6 Å². The van der Waals surface area contributed by atoms with Gasteiger partial charge in [0.25, 0.3) is 11.8 Å². The van der Waals surface area contributed by atoms with Gasteiger partial charge in [-0.25, -0.2) is 0 Å². The molecule has 2 heterocycles. The standard InChI is InChI=1S/C27H28N2O5/c1-17-7-5-8-18(13-17)25(30)28-22(15-20-9-6-12-33-20)26(31)29-23-16-27(2,3)34-24-11-10-19(32-4)14-21(23)24/h5-15,23H,16H2,1-4H3,(H,28,30)(H,29,31)/b22-15-. The number of fused-ring (bicyclic) bond motifs is 1. The van der Waals surface area contributed by atoms with Crippen molar-refractivity contribution in [3.63, 3.8) is 0 Å². The van der Waals surface area contributed by atoms with Gasteiger partial charge in [0.05, 0.1) is 19.4 Å². The summed E-state index contributed by atoms with van der Waals surface area (Å²) in [7, 11) is 1.59. The third kappa shape index (κ3) is 5.31. The number of carbonyl (C=O) groups excluding carboxylic acids is 2. The summed E-state index contributed by atoms with van der Waals surface area (Å²) in [5.74, 6) is 0.979. The minimum Gasteiger partial charge on any atom is -0.497 e. The molecule has 1 unspecified atom stereocenters. The van der Waals surface area contributed by atoms with Crippen LogP contribution >= 0.6 is 0 Å². The lowest BCUT2D eigenvalue weighted by atomic mass is 9.89. The zero-order valence-corrected chi connectivity index (χ0v) is 19.7. The third-order valence-corrected chi connectivity index (χ3v) is 5.58. The first-order valence-electron chi connectivity index (χ1n) is 11.0. The largest absolute Gasteiger partial charge is 0.497 e. The zero-order chi connectivity index (χ0) is 24.3. The van der Waals surface area contributed by atoms with Crippen molar-refractivity contribution in [3.05, 3.63) is 89.0 Å². The number of aryl methyl sites for hydroxylation is 1. The summed E-state index contributed by atoms with van der Waals surface area (Å²) in [4.78, 5) is 26.4. The lowest BCUT2D eigenvalue weighted by Gasteiger charge is -2.38. The average Bonchev–Trinajstić information content (AvgIpc) is 3.31. The van der Waals surface area contributed by atoms with Gasteiger partial charge < -0.3 is 24.5 Å². The van der Waals surface area contributed by atoms with Crippen LogP contribution in [0.15, 0.2) is 71.0 Å². The highest BCUT2D eigenvalue weighted by atomic mass is 16.5. The minimum absolute atomic E-state index is 0.0789. The molecule has 0 radical (unpaired) electrons. The summed E-state index contributed by atoms with van der Waals surface area (Å²) in [5, 5.41) is 5.81. The van der Waals surface area contributed by atoms with Crippen molar-refractivity contribution in [1.29, 1.82) is 0 Å². The summed E-state index contributed by atoms with van der Waals surface area (Å²) in [6.07, 6.45) is 3.56. The quantitative estimate of drug-likeness (QED) is 0.517. The van der Waals surface area contributed by atoms with E-state index < -0.39 is 11.5 Å². The van der Waals surface area contributed by atoms with Crippen LogP contribution in [0, 0.1) is 6.92 Å². The predicted octanol–water partition coefficient (Wildman–Crippen LogP) is 4.79. The number of hydrogen-bond acceptors (Lipinski definition) is 5. The molecule has 0 saturated carbocycles. The van der Waals surface area contributed by atoms with Crippen molar-refractivity contribution < 1.29 is 23.5 Å². The Morgan fingerprint density at radius 1 is 1.12 bits per heavy atom. The number of carbonyl (C=O) groups is 2. The Bertz CT molecular complexity index is 1230. The molecule has 0 spiro atoms. The van der Waals surface area contributed by atoms with E-state index in [1.165, 1.54) is 12.3 Å². The monoisotopic (exact) mass is 460 g/mol. The van der Waals surface area contributed by atoms with Gasteiger partial charge in [-0.3, -0.25) is 9.59 Å². The minimum atomic E-state index is -0.491. The maximum atomic E-state index is 13.4. The highest BCUT2D eigenvalue weighted by molar-refractivity contribution is 6.05. The van der Waals surface area contributed by atoms with Gasteiger partial charge in [-0.2, -0.15) is 0 Å². The number of rotatable bonds is 6. The van der Waals surface area contributed by atoms with Crippen molar-refractivity contribution >= 4 is 17.9 Å². The molecule has 1 atom stereocenters. The predicted molar refractivity (Wildman–Crippen MR) is 129 cm³/mol. The maximum Gasteiger partial charge on any atom is 0.268 e. The number of hydrogen-bond donors (Lipinski definition) is 2. The Labute approximate surface area is 198 Å². The molecular formula is C27H28N2O5. The van der Waals surface area contributed by atoms with Crippen LogP contribution in [0.5, 0.6) is 11.5 Å². The second-order valence-electron chi connectivity index (χ2n) is 8.89. The van der Waals surface area contributed by atoms with Crippen molar-refractivity contribution in [1.82, 2.24) is 10.6 Å². The fraction of sp³-hybridized carbons (Fsp3) is 0.259. The molecule has 3 aromatic rings. The van der Waals surface area contributed by atoms with Gasteiger partial charge in [-0.05, 0) is 63.2 Å². The highest BCUT2D eigenvalue weighted by Gasteiger charge is 2.35. The van der Waals surface area contributed by atoms with Gasteiger partial charge in [0.2, 0.25) is 0 Å². The Kier molecular flexibility index (Phi) is 6.45. The van der Waals surface area contributed by atoms with E-state index in [4.69, 9.17) is 13.9 Å². The van der Waals surface area contributed by atoms with E-state index in [9.17, 15) is 9.59 Å². The first-order chi connectivity index (χ1) is 16.2. The van der Waals surface area contributed by atoms with Gasteiger partial charge in [-0.15, -0.1) is 0 Å². The summed E-state index contributed by atoms with van der Waals surface area (Å²) in [6.45, 7) is 5.85. The van der Waals surface area contributed by atoms with Crippen molar-refractivity contribution in [2.24, 2.45) is 0 Å². The van der Waals surface area contributed by atoms with Crippen LogP contribution in [0.3, 0.4) is 0 Å². The van der Waals surface area contributed by atoms with E-state index in [1.54, 1.807) is 37.4 Å². The van der Waals surface area contributed by atoms with E-state index in [2.05, 4.69) is 10.6 Å². The van der Waals surface area contributed by atoms with E-state index in [0.29, 0.717) is 29.2 Å². The average molecular weight is 461 g/mol. The van der Waals surface area contributed by atoms with Gasteiger partial charge in [0.15, 0.2) is 0 Å².